The molecule has 3 aliphatic heterocycles. The minimum atomic E-state index is -4.46. The Hall–Kier alpha value is -3.63. The minimum absolute atomic E-state index is 0.0935. The Balaban J connectivity index is 1.42. The largest absolute Gasteiger partial charge is 0.497 e. The van der Waals surface area contributed by atoms with E-state index >= 15 is 0 Å². The van der Waals surface area contributed by atoms with Gasteiger partial charge in [-0.1, -0.05) is 6.07 Å². The van der Waals surface area contributed by atoms with Gasteiger partial charge in [-0.05, 0) is 49.2 Å². The first kappa shape index (κ1) is 27.0. The van der Waals surface area contributed by atoms with E-state index in [9.17, 15) is 22.8 Å². The summed E-state index contributed by atoms with van der Waals surface area (Å²) < 4.78 is 51.1. The molecule has 39 heavy (non-hydrogen) atoms. The predicted octanol–water partition coefficient (Wildman–Crippen LogP) is 3.88. The van der Waals surface area contributed by atoms with Crippen molar-refractivity contribution in [3.05, 3.63) is 53.6 Å². The van der Waals surface area contributed by atoms with Gasteiger partial charge in [0.2, 0.25) is 5.91 Å². The summed E-state index contributed by atoms with van der Waals surface area (Å²) in [4.78, 5) is 33.7. The number of carbonyl (C=O) groups excluding carboxylic acids is 2. The Bertz CT molecular complexity index is 1220. The van der Waals surface area contributed by atoms with Crippen molar-refractivity contribution in [3.8, 4) is 5.75 Å². The van der Waals surface area contributed by atoms with Crippen molar-refractivity contribution in [2.24, 2.45) is 5.92 Å². The molecule has 11 heteroatoms. The monoisotopic (exact) mass is 546 g/mol. The summed E-state index contributed by atoms with van der Waals surface area (Å²) in [7, 11) is 1.61. The number of rotatable bonds is 4. The summed E-state index contributed by atoms with van der Waals surface area (Å²) >= 11 is 0. The number of benzene rings is 2. The molecule has 210 valence electrons. The number of carbonyl (C=O) groups is 2. The maximum absolute atomic E-state index is 13.9. The third kappa shape index (κ3) is 5.44. The molecule has 0 radical (unpaired) electrons. The number of hydrogen-bond donors (Lipinski definition) is 0. The highest BCUT2D eigenvalue weighted by atomic mass is 19.4. The van der Waals surface area contributed by atoms with Crippen molar-refractivity contribution in [1.82, 2.24) is 9.80 Å². The molecular weight excluding hydrogens is 513 g/mol. The summed E-state index contributed by atoms with van der Waals surface area (Å²) in [6.07, 6.45) is -4.63. The van der Waals surface area contributed by atoms with Gasteiger partial charge in [0.25, 0.3) is 0 Å². The van der Waals surface area contributed by atoms with Crippen LogP contribution in [0, 0.1) is 5.92 Å². The van der Waals surface area contributed by atoms with Crippen molar-refractivity contribution in [2.75, 3.05) is 69.3 Å². The molecular formula is C28H33F3N4O4. The van der Waals surface area contributed by atoms with E-state index in [4.69, 9.17) is 9.47 Å². The van der Waals surface area contributed by atoms with E-state index in [0.29, 0.717) is 51.4 Å². The molecule has 8 nitrogen and oxygen atoms in total. The number of anilines is 2. The topological polar surface area (TPSA) is 65.6 Å². The second-order valence-corrected chi connectivity index (χ2v) is 10.1. The van der Waals surface area contributed by atoms with E-state index < -0.39 is 23.8 Å². The Kier molecular flexibility index (Phi) is 7.51. The second kappa shape index (κ2) is 10.9. The van der Waals surface area contributed by atoms with Gasteiger partial charge in [-0.25, -0.2) is 4.79 Å². The lowest BCUT2D eigenvalue weighted by Gasteiger charge is -2.50. The van der Waals surface area contributed by atoms with Crippen LogP contribution in [0.1, 0.15) is 18.1 Å². The number of amides is 2. The van der Waals surface area contributed by atoms with Crippen molar-refractivity contribution in [1.29, 1.82) is 0 Å². The van der Waals surface area contributed by atoms with E-state index in [-0.39, 0.29) is 25.0 Å². The fourth-order valence-corrected chi connectivity index (χ4v) is 5.88. The van der Waals surface area contributed by atoms with E-state index in [0.717, 1.165) is 23.2 Å². The Labute approximate surface area is 225 Å². The van der Waals surface area contributed by atoms with Crippen LogP contribution in [0.25, 0.3) is 0 Å². The molecule has 0 aromatic heterocycles. The maximum Gasteiger partial charge on any atom is 0.416 e. The van der Waals surface area contributed by atoms with Crippen LogP contribution in [0.4, 0.5) is 29.3 Å². The molecule has 0 spiro atoms. The lowest BCUT2D eigenvalue weighted by molar-refractivity contribution is -0.138. The van der Waals surface area contributed by atoms with Crippen LogP contribution in [0.15, 0.2) is 42.5 Å². The number of nitrogens with zero attached hydrogens (tertiary/aromatic N) is 4. The molecule has 2 amide bonds. The van der Waals surface area contributed by atoms with Crippen molar-refractivity contribution < 1.29 is 32.2 Å². The van der Waals surface area contributed by atoms with Gasteiger partial charge in [-0.2, -0.15) is 13.2 Å². The number of ether oxygens (including phenoxy) is 2. The van der Waals surface area contributed by atoms with Crippen LogP contribution >= 0.6 is 0 Å². The number of hydrogen-bond acceptors (Lipinski definition) is 6. The van der Waals surface area contributed by atoms with Gasteiger partial charge in [0.1, 0.15) is 5.75 Å². The number of fused-ring (bicyclic) bond motifs is 3. The number of alkyl halides is 3. The Morgan fingerprint density at radius 2 is 1.72 bits per heavy atom. The summed E-state index contributed by atoms with van der Waals surface area (Å²) in [5.41, 5.74) is 1.57. The summed E-state index contributed by atoms with van der Waals surface area (Å²) in [6.45, 7) is 5.23. The SMILES string of the molecule is CCOC(=O)N1CCN(C(=O)[C@@H]2Cc3cc(C(F)(F)F)ccc3N3CCN(c4cccc(OC)c4)C[C@H]23)CC1. The van der Waals surface area contributed by atoms with Gasteiger partial charge in [-0.3, -0.25) is 4.79 Å². The van der Waals surface area contributed by atoms with Gasteiger partial charge in [-0.15, -0.1) is 0 Å². The zero-order valence-corrected chi connectivity index (χ0v) is 22.1. The molecule has 0 unspecified atom stereocenters. The van der Waals surface area contributed by atoms with Crippen molar-refractivity contribution >= 4 is 23.4 Å². The zero-order chi connectivity index (χ0) is 27.7. The molecule has 0 N–H and O–H groups in total. The first-order chi connectivity index (χ1) is 18.7. The minimum Gasteiger partial charge on any atom is -0.497 e. The van der Waals surface area contributed by atoms with Crippen LogP contribution in [-0.4, -0.2) is 87.4 Å². The van der Waals surface area contributed by atoms with Gasteiger partial charge in [0.05, 0.1) is 31.2 Å². The van der Waals surface area contributed by atoms with Gasteiger partial charge >= 0.3 is 12.3 Å². The first-order valence-corrected chi connectivity index (χ1v) is 13.3. The highest BCUT2D eigenvalue weighted by Crippen LogP contribution is 2.41. The van der Waals surface area contributed by atoms with Crippen molar-refractivity contribution in [3.63, 3.8) is 0 Å². The van der Waals surface area contributed by atoms with Crippen LogP contribution in [-0.2, 0) is 22.1 Å². The standard InChI is InChI=1S/C28H33F3N4O4/c1-3-39-27(37)33-11-9-32(10-12-33)26(36)23-16-19-15-20(28(29,30)31)7-8-24(19)35-14-13-34(18-25(23)35)21-5-4-6-22(17-21)38-2/h4-8,15,17,23,25H,3,9-14,16,18H2,1-2H3/t23-,25-/m1/s1. The maximum atomic E-state index is 13.9. The van der Waals surface area contributed by atoms with E-state index in [2.05, 4.69) is 9.80 Å². The molecule has 0 aliphatic carbocycles. The number of halogens is 3. The van der Waals surface area contributed by atoms with Crippen LogP contribution < -0.4 is 14.5 Å². The zero-order valence-electron chi connectivity index (χ0n) is 22.1. The highest BCUT2D eigenvalue weighted by Gasteiger charge is 2.44. The van der Waals surface area contributed by atoms with E-state index in [1.165, 1.54) is 6.07 Å². The smallest absolute Gasteiger partial charge is 0.416 e. The van der Waals surface area contributed by atoms with E-state index in [1.54, 1.807) is 29.9 Å². The molecule has 3 aliphatic rings. The third-order valence-corrected chi connectivity index (χ3v) is 7.89. The first-order valence-electron chi connectivity index (χ1n) is 13.3. The average Bonchev–Trinajstić information content (AvgIpc) is 2.95. The van der Waals surface area contributed by atoms with E-state index in [1.807, 2.05) is 24.3 Å². The molecule has 2 atom stereocenters. The lowest BCUT2D eigenvalue weighted by Crippen LogP contribution is -2.62. The number of piperazine rings is 2. The quantitative estimate of drug-likeness (QED) is 0.580. The van der Waals surface area contributed by atoms with Crippen LogP contribution in [0.3, 0.4) is 0 Å². The second-order valence-electron chi connectivity index (χ2n) is 10.1. The highest BCUT2D eigenvalue weighted by molar-refractivity contribution is 5.83. The Morgan fingerprint density at radius 1 is 0.974 bits per heavy atom. The molecule has 0 bridgehead atoms. The molecule has 3 heterocycles. The van der Waals surface area contributed by atoms with Crippen LogP contribution in [0.5, 0.6) is 5.75 Å². The summed E-state index contributed by atoms with van der Waals surface area (Å²) in [5.74, 6) is 0.114. The molecule has 5 rings (SSSR count). The van der Waals surface area contributed by atoms with Gasteiger partial charge in [0, 0.05) is 63.3 Å². The molecule has 2 fully saturated rings. The van der Waals surface area contributed by atoms with Crippen LogP contribution in [0.2, 0.25) is 0 Å². The molecule has 0 saturated carbocycles. The third-order valence-electron chi connectivity index (χ3n) is 7.89. The molecule has 2 aromatic carbocycles. The summed E-state index contributed by atoms with van der Waals surface area (Å²) in [5, 5.41) is 0. The average molecular weight is 547 g/mol. The van der Waals surface area contributed by atoms with Crippen molar-refractivity contribution in [2.45, 2.75) is 25.6 Å². The molecule has 2 saturated heterocycles. The van der Waals surface area contributed by atoms with Gasteiger partial charge < -0.3 is 29.1 Å². The number of methoxy groups -OCH3 is 1. The Morgan fingerprint density at radius 3 is 2.41 bits per heavy atom. The molecule has 2 aromatic rings. The van der Waals surface area contributed by atoms with Gasteiger partial charge in [0.15, 0.2) is 0 Å². The fraction of sp³-hybridized carbons (Fsp3) is 0.500. The predicted molar refractivity (Wildman–Crippen MR) is 140 cm³/mol. The normalized spacial score (nSPS) is 21.3. The lowest BCUT2D eigenvalue weighted by atomic mass is 9.82. The summed E-state index contributed by atoms with van der Waals surface area (Å²) in [6, 6.07) is 11.4. The fourth-order valence-electron chi connectivity index (χ4n) is 5.88.